The van der Waals surface area contributed by atoms with Gasteiger partial charge in [-0.05, 0) is 36.4 Å². The number of aromatic nitrogens is 2. The predicted molar refractivity (Wildman–Crippen MR) is 73.4 cm³/mol. The summed E-state index contributed by atoms with van der Waals surface area (Å²) in [5.41, 5.74) is 1.16. The lowest BCUT2D eigenvalue weighted by Gasteiger charge is -2.11. The molecule has 1 heterocycles. The molecule has 5 heteroatoms. The lowest BCUT2D eigenvalue weighted by Crippen LogP contribution is -2.17. The molecule has 0 fully saturated rings. The third-order valence-corrected chi connectivity index (χ3v) is 3.69. The molecule has 0 saturated carbocycles. The molecule has 0 aliphatic heterocycles. The molecule has 0 unspecified atom stereocenters. The van der Waals surface area contributed by atoms with Crippen LogP contribution in [0.1, 0.15) is 24.9 Å². The molecule has 0 aromatic carbocycles. The van der Waals surface area contributed by atoms with Gasteiger partial charge in [0.05, 0.1) is 4.47 Å². The van der Waals surface area contributed by atoms with Gasteiger partial charge in [0.2, 0.25) is 0 Å². The van der Waals surface area contributed by atoms with Crippen molar-refractivity contribution in [1.82, 2.24) is 14.9 Å². The lowest BCUT2D eigenvalue weighted by molar-refractivity contribution is 0.409. The summed E-state index contributed by atoms with van der Waals surface area (Å²) in [5, 5.41) is 0. The van der Waals surface area contributed by atoms with Crippen molar-refractivity contribution in [2.24, 2.45) is 0 Å². The van der Waals surface area contributed by atoms with Crippen LogP contribution in [0.15, 0.2) is 4.47 Å². The van der Waals surface area contributed by atoms with E-state index in [1.807, 2.05) is 0 Å². The molecule has 0 saturated heterocycles. The van der Waals surface area contributed by atoms with Crippen molar-refractivity contribution in [3.05, 3.63) is 20.6 Å². The standard InChI is InChI=1S/C11H18BrN3S/c1-4-5-8-10(12)11(16)14-9(13-8)6-7-15(2)3/h4-7H2,1-3H3,(H,13,14,16). The van der Waals surface area contributed by atoms with E-state index in [9.17, 15) is 0 Å². The van der Waals surface area contributed by atoms with Crippen LogP contribution in [0.25, 0.3) is 0 Å². The van der Waals surface area contributed by atoms with Crippen molar-refractivity contribution in [3.8, 4) is 0 Å². The number of aryl methyl sites for hydroxylation is 1. The van der Waals surface area contributed by atoms with Gasteiger partial charge < -0.3 is 9.88 Å². The Bertz CT molecular complexity index is 401. The van der Waals surface area contributed by atoms with E-state index in [2.05, 4.69) is 51.8 Å². The van der Waals surface area contributed by atoms with E-state index in [0.29, 0.717) is 4.64 Å². The molecular weight excluding hydrogens is 286 g/mol. The number of H-pyrrole nitrogens is 1. The minimum absolute atomic E-state index is 0.663. The number of nitrogens with zero attached hydrogens (tertiary/aromatic N) is 2. The summed E-state index contributed by atoms with van der Waals surface area (Å²) in [4.78, 5) is 9.87. The topological polar surface area (TPSA) is 31.9 Å². The van der Waals surface area contributed by atoms with Crippen molar-refractivity contribution in [3.63, 3.8) is 0 Å². The quantitative estimate of drug-likeness (QED) is 0.849. The molecule has 0 radical (unpaired) electrons. The molecule has 16 heavy (non-hydrogen) atoms. The first-order valence-electron chi connectivity index (χ1n) is 5.47. The Balaban J connectivity index is 2.90. The van der Waals surface area contributed by atoms with E-state index in [-0.39, 0.29) is 0 Å². The Kier molecular flexibility index (Phi) is 5.58. The van der Waals surface area contributed by atoms with Crippen molar-refractivity contribution in [2.45, 2.75) is 26.2 Å². The van der Waals surface area contributed by atoms with Crippen LogP contribution in [0.2, 0.25) is 0 Å². The maximum absolute atomic E-state index is 5.23. The maximum atomic E-state index is 5.23. The van der Waals surface area contributed by atoms with Crippen molar-refractivity contribution in [1.29, 1.82) is 0 Å². The van der Waals surface area contributed by atoms with Crippen LogP contribution in [-0.2, 0) is 12.8 Å². The highest BCUT2D eigenvalue weighted by Crippen LogP contribution is 2.17. The first kappa shape index (κ1) is 13.8. The Labute approximate surface area is 110 Å². The van der Waals surface area contributed by atoms with Crippen molar-refractivity contribution >= 4 is 28.1 Å². The average molecular weight is 304 g/mol. The number of hydrogen-bond acceptors (Lipinski definition) is 3. The van der Waals surface area contributed by atoms with Crippen LogP contribution in [0.4, 0.5) is 0 Å². The highest BCUT2D eigenvalue weighted by atomic mass is 79.9. The molecule has 0 spiro atoms. The normalized spacial score (nSPS) is 11.1. The Morgan fingerprint density at radius 1 is 1.38 bits per heavy atom. The molecular formula is C11H18BrN3S. The summed E-state index contributed by atoms with van der Waals surface area (Å²) in [6, 6.07) is 0. The number of rotatable bonds is 5. The summed E-state index contributed by atoms with van der Waals surface area (Å²) in [7, 11) is 4.11. The molecule has 1 aromatic heterocycles. The number of halogens is 1. The Hall–Kier alpha value is -0.260. The summed E-state index contributed by atoms with van der Waals surface area (Å²) < 4.78 is 1.61. The molecule has 3 nitrogen and oxygen atoms in total. The third-order valence-electron chi connectivity index (χ3n) is 2.28. The van der Waals surface area contributed by atoms with E-state index >= 15 is 0 Å². The molecule has 0 bridgehead atoms. The zero-order valence-corrected chi connectivity index (χ0v) is 12.4. The largest absolute Gasteiger partial charge is 0.346 e. The SMILES string of the molecule is CCCc1[nH]c(CCN(C)C)nc(=S)c1Br. The summed E-state index contributed by atoms with van der Waals surface area (Å²) in [5.74, 6) is 0.977. The maximum Gasteiger partial charge on any atom is 0.144 e. The Morgan fingerprint density at radius 2 is 2.06 bits per heavy atom. The molecule has 1 aromatic rings. The van der Waals surface area contributed by atoms with Gasteiger partial charge in [-0.2, -0.15) is 0 Å². The van der Waals surface area contributed by atoms with Gasteiger partial charge in [0.25, 0.3) is 0 Å². The first-order chi connectivity index (χ1) is 7.54. The van der Waals surface area contributed by atoms with Crippen LogP contribution in [-0.4, -0.2) is 35.5 Å². The number of nitrogens with one attached hydrogen (secondary N) is 1. The molecule has 1 rings (SSSR count). The second kappa shape index (κ2) is 6.47. The van der Waals surface area contributed by atoms with Crippen LogP contribution >= 0.6 is 28.1 Å². The van der Waals surface area contributed by atoms with Gasteiger partial charge in [0.1, 0.15) is 10.5 Å². The van der Waals surface area contributed by atoms with Gasteiger partial charge >= 0.3 is 0 Å². The van der Waals surface area contributed by atoms with Gasteiger partial charge in [0, 0.05) is 18.7 Å². The molecule has 0 aliphatic rings. The van der Waals surface area contributed by atoms with Crippen LogP contribution < -0.4 is 0 Å². The monoisotopic (exact) mass is 303 g/mol. The molecule has 90 valence electrons. The highest BCUT2D eigenvalue weighted by molar-refractivity contribution is 9.10. The zero-order valence-electron chi connectivity index (χ0n) is 10.0. The van der Waals surface area contributed by atoms with E-state index in [0.717, 1.165) is 41.8 Å². The third kappa shape index (κ3) is 3.96. The fraction of sp³-hybridized carbons (Fsp3) is 0.636. The number of likely N-dealkylation sites (N-methyl/N-ethyl adjacent to an activating group) is 1. The van der Waals surface area contributed by atoms with E-state index in [4.69, 9.17) is 12.2 Å². The smallest absolute Gasteiger partial charge is 0.144 e. The zero-order chi connectivity index (χ0) is 12.1. The molecule has 0 amide bonds. The van der Waals surface area contributed by atoms with Gasteiger partial charge in [0.15, 0.2) is 0 Å². The first-order valence-corrected chi connectivity index (χ1v) is 6.67. The number of hydrogen-bond donors (Lipinski definition) is 1. The van der Waals surface area contributed by atoms with Crippen molar-refractivity contribution in [2.75, 3.05) is 20.6 Å². The summed E-state index contributed by atoms with van der Waals surface area (Å²) in [6.45, 7) is 3.13. The Morgan fingerprint density at radius 3 is 2.62 bits per heavy atom. The van der Waals surface area contributed by atoms with Gasteiger partial charge in [-0.15, -0.1) is 0 Å². The van der Waals surface area contributed by atoms with Gasteiger partial charge in [-0.3, -0.25) is 0 Å². The van der Waals surface area contributed by atoms with Crippen LogP contribution in [0.5, 0.6) is 0 Å². The molecule has 1 N–H and O–H groups in total. The predicted octanol–water partition coefficient (Wildman–Crippen LogP) is 2.96. The lowest BCUT2D eigenvalue weighted by atomic mass is 10.2. The van der Waals surface area contributed by atoms with Crippen LogP contribution in [0.3, 0.4) is 0 Å². The highest BCUT2D eigenvalue weighted by Gasteiger charge is 2.05. The average Bonchev–Trinajstić information content (AvgIpc) is 2.22. The fourth-order valence-corrected chi connectivity index (χ4v) is 2.05. The van der Waals surface area contributed by atoms with Gasteiger partial charge in [-0.1, -0.05) is 25.6 Å². The van der Waals surface area contributed by atoms with Crippen LogP contribution in [0, 0.1) is 4.64 Å². The fourth-order valence-electron chi connectivity index (χ4n) is 1.43. The second-order valence-electron chi connectivity index (χ2n) is 4.08. The van der Waals surface area contributed by atoms with E-state index in [1.54, 1.807) is 0 Å². The van der Waals surface area contributed by atoms with E-state index in [1.165, 1.54) is 0 Å². The molecule has 0 atom stereocenters. The van der Waals surface area contributed by atoms with Gasteiger partial charge in [-0.25, -0.2) is 4.98 Å². The minimum Gasteiger partial charge on any atom is -0.346 e. The van der Waals surface area contributed by atoms with Crippen molar-refractivity contribution < 1.29 is 0 Å². The summed E-state index contributed by atoms with van der Waals surface area (Å²) >= 11 is 8.72. The molecule has 0 aliphatic carbocycles. The summed E-state index contributed by atoms with van der Waals surface area (Å²) in [6.07, 6.45) is 3.00. The van der Waals surface area contributed by atoms with E-state index < -0.39 is 0 Å². The minimum atomic E-state index is 0.663. The number of aromatic amines is 1. The second-order valence-corrected chi connectivity index (χ2v) is 5.26.